The van der Waals surface area contributed by atoms with Crippen LogP contribution >= 0.6 is 46.4 Å². The van der Waals surface area contributed by atoms with E-state index in [0.29, 0.717) is 11.3 Å². The normalized spacial score (nSPS) is 16.5. The maximum absolute atomic E-state index is 12.6. The molecule has 0 saturated carbocycles. The summed E-state index contributed by atoms with van der Waals surface area (Å²) in [7, 11) is 0. The minimum absolute atomic E-state index is 0.157. The number of amides is 2. The van der Waals surface area contributed by atoms with E-state index in [1.54, 1.807) is 13.8 Å². The van der Waals surface area contributed by atoms with Gasteiger partial charge < -0.3 is 5.11 Å². The van der Waals surface area contributed by atoms with E-state index in [1.165, 1.54) is 0 Å². The van der Waals surface area contributed by atoms with Gasteiger partial charge in [0.2, 0.25) is 0 Å². The molecule has 0 aliphatic carbocycles. The summed E-state index contributed by atoms with van der Waals surface area (Å²) in [6, 6.07) is -1.34. The molecule has 1 N–H and O–H groups in total. The zero-order chi connectivity index (χ0) is 17.6. The number of aliphatic carboxylic acids is 1. The van der Waals surface area contributed by atoms with Crippen LogP contribution in [0.15, 0.2) is 0 Å². The van der Waals surface area contributed by atoms with Gasteiger partial charge in [-0.25, -0.2) is 4.79 Å². The minimum Gasteiger partial charge on any atom is -0.480 e. The quantitative estimate of drug-likeness (QED) is 0.463. The lowest BCUT2D eigenvalue weighted by Crippen LogP contribution is -2.48. The molecule has 9 heteroatoms. The fourth-order valence-electron chi connectivity index (χ4n) is 2.45. The molecule has 2 amide bonds. The fraction of sp³-hybridized carbons (Fsp3) is 0.357. The van der Waals surface area contributed by atoms with Crippen LogP contribution in [0.25, 0.3) is 0 Å². The maximum Gasteiger partial charge on any atom is 0.327 e. The second-order valence-electron chi connectivity index (χ2n) is 5.15. The van der Waals surface area contributed by atoms with Crippen molar-refractivity contribution in [1.29, 1.82) is 0 Å². The molecule has 124 valence electrons. The van der Waals surface area contributed by atoms with Crippen LogP contribution in [0.2, 0.25) is 20.1 Å². The van der Waals surface area contributed by atoms with Crippen LogP contribution in [0.1, 0.15) is 41.0 Å². The van der Waals surface area contributed by atoms with Crippen LogP contribution in [-0.2, 0) is 4.79 Å². The lowest BCUT2D eigenvalue weighted by Gasteiger charge is -2.27. The third kappa shape index (κ3) is 2.70. The van der Waals surface area contributed by atoms with Crippen LogP contribution in [0.3, 0.4) is 0 Å². The maximum atomic E-state index is 12.6. The van der Waals surface area contributed by atoms with E-state index in [-0.39, 0.29) is 31.2 Å². The lowest BCUT2D eigenvalue weighted by atomic mass is 9.98. The van der Waals surface area contributed by atoms with Crippen LogP contribution < -0.4 is 0 Å². The molecule has 1 aromatic carbocycles. The summed E-state index contributed by atoms with van der Waals surface area (Å²) in [4.78, 5) is 37.4. The average molecular weight is 399 g/mol. The number of nitrogens with zero attached hydrogens (tertiary/aromatic N) is 1. The van der Waals surface area contributed by atoms with Crippen LogP contribution in [-0.4, -0.2) is 33.8 Å². The molecule has 23 heavy (non-hydrogen) atoms. The Kier molecular flexibility index (Phi) is 5.16. The number of imide groups is 1. The van der Waals surface area contributed by atoms with Gasteiger partial charge in [0.1, 0.15) is 6.04 Å². The molecule has 2 rings (SSSR count). The van der Waals surface area contributed by atoms with E-state index in [1.807, 2.05) is 0 Å². The van der Waals surface area contributed by atoms with E-state index >= 15 is 0 Å². The molecule has 1 heterocycles. The molecule has 1 aliphatic heterocycles. The van der Waals surface area contributed by atoms with Gasteiger partial charge in [0.25, 0.3) is 11.8 Å². The standard InChI is InChI=1S/C14H11Cl4NO4/c1-3-4(2)11(14(22)23)19-12(20)5-6(13(19)21)8(16)10(18)9(17)7(5)15/h4,11H,3H2,1-2H3,(H,22,23). The van der Waals surface area contributed by atoms with Crippen molar-refractivity contribution in [2.24, 2.45) is 5.92 Å². The van der Waals surface area contributed by atoms with Crippen molar-refractivity contribution in [3.8, 4) is 0 Å². The summed E-state index contributed by atoms with van der Waals surface area (Å²) in [6.45, 7) is 3.39. The number of rotatable bonds is 4. The van der Waals surface area contributed by atoms with Gasteiger partial charge in [0.15, 0.2) is 0 Å². The summed E-state index contributed by atoms with van der Waals surface area (Å²) >= 11 is 23.9. The number of carbonyl (C=O) groups excluding carboxylic acids is 2. The van der Waals surface area contributed by atoms with Crippen molar-refractivity contribution in [2.75, 3.05) is 0 Å². The molecule has 2 atom stereocenters. The number of hydrogen-bond acceptors (Lipinski definition) is 3. The number of carboxylic acid groups (broad SMARTS) is 1. The summed E-state index contributed by atoms with van der Waals surface area (Å²) in [5.41, 5.74) is -0.434. The number of carboxylic acids is 1. The molecular formula is C14H11Cl4NO4. The molecule has 0 bridgehead atoms. The molecule has 0 fully saturated rings. The topological polar surface area (TPSA) is 74.7 Å². The van der Waals surface area contributed by atoms with Gasteiger partial charge in [-0.05, 0) is 5.92 Å². The first-order chi connectivity index (χ1) is 10.6. The van der Waals surface area contributed by atoms with Crippen molar-refractivity contribution >= 4 is 64.2 Å². The van der Waals surface area contributed by atoms with Crippen LogP contribution in [0.4, 0.5) is 0 Å². The number of carbonyl (C=O) groups is 3. The summed E-state index contributed by atoms with van der Waals surface area (Å²) in [6.07, 6.45) is 0.452. The fourth-order valence-corrected chi connectivity index (χ4v) is 3.47. The van der Waals surface area contributed by atoms with Crippen molar-refractivity contribution in [3.05, 3.63) is 31.2 Å². The largest absolute Gasteiger partial charge is 0.480 e. The Balaban J connectivity index is 2.69. The zero-order valence-electron chi connectivity index (χ0n) is 12.0. The Bertz CT molecular complexity index is 687. The smallest absolute Gasteiger partial charge is 0.327 e. The monoisotopic (exact) mass is 397 g/mol. The molecule has 5 nitrogen and oxygen atoms in total. The molecular weight excluding hydrogens is 388 g/mol. The minimum atomic E-state index is -1.34. The molecule has 0 aromatic heterocycles. The number of fused-ring (bicyclic) bond motifs is 1. The third-order valence-corrected chi connectivity index (χ3v) is 5.65. The first kappa shape index (κ1) is 18.3. The molecule has 1 aromatic rings. The van der Waals surface area contributed by atoms with Gasteiger partial charge in [-0.2, -0.15) is 0 Å². The highest BCUT2D eigenvalue weighted by Crippen LogP contribution is 2.45. The van der Waals surface area contributed by atoms with Crippen molar-refractivity contribution in [2.45, 2.75) is 26.3 Å². The molecule has 0 spiro atoms. The Hall–Kier alpha value is -1.01. The molecule has 0 radical (unpaired) electrons. The van der Waals surface area contributed by atoms with Gasteiger partial charge in [-0.15, -0.1) is 0 Å². The van der Waals surface area contributed by atoms with Crippen LogP contribution in [0, 0.1) is 5.92 Å². The number of benzene rings is 1. The van der Waals surface area contributed by atoms with Crippen molar-refractivity contribution < 1.29 is 19.5 Å². The zero-order valence-corrected chi connectivity index (χ0v) is 15.0. The van der Waals surface area contributed by atoms with Gasteiger partial charge in [-0.1, -0.05) is 66.7 Å². The van der Waals surface area contributed by atoms with E-state index < -0.39 is 29.7 Å². The number of hydrogen-bond donors (Lipinski definition) is 1. The third-order valence-electron chi connectivity index (χ3n) is 3.85. The Labute approximate surface area is 152 Å². The summed E-state index contributed by atoms with van der Waals surface area (Å²) in [5.74, 6) is -3.44. The van der Waals surface area contributed by atoms with E-state index in [9.17, 15) is 19.5 Å². The molecule has 1 aliphatic rings. The predicted molar refractivity (Wildman–Crippen MR) is 87.9 cm³/mol. The Morgan fingerprint density at radius 3 is 1.70 bits per heavy atom. The average Bonchev–Trinajstić information content (AvgIpc) is 2.75. The highest BCUT2D eigenvalue weighted by Gasteiger charge is 2.48. The molecule has 2 unspecified atom stereocenters. The Morgan fingerprint density at radius 2 is 1.39 bits per heavy atom. The number of halogens is 4. The van der Waals surface area contributed by atoms with Crippen LogP contribution in [0.5, 0.6) is 0 Å². The highest BCUT2D eigenvalue weighted by atomic mass is 35.5. The SMILES string of the molecule is CCC(C)C(C(=O)O)N1C(=O)c2c(Cl)c(Cl)c(Cl)c(Cl)c2C1=O. The van der Waals surface area contributed by atoms with E-state index in [2.05, 4.69) is 0 Å². The summed E-state index contributed by atoms with van der Waals surface area (Å²) in [5, 5.41) is 8.68. The summed E-state index contributed by atoms with van der Waals surface area (Å²) < 4.78 is 0. The molecule has 0 saturated heterocycles. The Morgan fingerprint density at radius 1 is 1.00 bits per heavy atom. The van der Waals surface area contributed by atoms with E-state index in [0.717, 1.165) is 0 Å². The second kappa shape index (κ2) is 6.48. The van der Waals surface area contributed by atoms with Crippen molar-refractivity contribution in [3.63, 3.8) is 0 Å². The van der Waals surface area contributed by atoms with E-state index in [4.69, 9.17) is 46.4 Å². The highest BCUT2D eigenvalue weighted by molar-refractivity contribution is 6.55. The van der Waals surface area contributed by atoms with Gasteiger partial charge in [0.05, 0.1) is 31.2 Å². The van der Waals surface area contributed by atoms with Crippen molar-refractivity contribution in [1.82, 2.24) is 4.90 Å². The first-order valence-electron chi connectivity index (χ1n) is 6.61. The second-order valence-corrected chi connectivity index (χ2v) is 6.67. The van der Waals surface area contributed by atoms with Gasteiger partial charge in [-0.3, -0.25) is 14.5 Å². The van der Waals surface area contributed by atoms with Gasteiger partial charge >= 0.3 is 5.97 Å². The lowest BCUT2D eigenvalue weighted by molar-refractivity contribution is -0.143. The predicted octanol–water partition coefficient (Wildman–Crippen LogP) is 4.40. The van der Waals surface area contributed by atoms with Gasteiger partial charge in [0, 0.05) is 0 Å². The first-order valence-corrected chi connectivity index (χ1v) is 8.12.